The minimum absolute atomic E-state index is 0.195. The van der Waals surface area contributed by atoms with E-state index in [4.69, 9.17) is 0 Å². The van der Waals surface area contributed by atoms with E-state index in [-0.39, 0.29) is 5.56 Å². The first kappa shape index (κ1) is 17.2. The molecule has 5 nitrogen and oxygen atoms in total. The standard InChI is InChI=1S/C22H19NO4/c24-13-15-5-6-16-9-14(10-18(16)11-15)7-8-23-20-4-2-1-3-17(20)12-19(21(23)25)22(26)27/h1-6,11-14H,7-10H2,(H,26,27). The van der Waals surface area contributed by atoms with Crippen LogP contribution in [0, 0.1) is 5.92 Å². The maximum absolute atomic E-state index is 12.7. The SMILES string of the molecule is O=Cc1ccc2c(c1)CC(CCn1c(=O)c(C(=O)O)cc3ccccc31)C2. The summed E-state index contributed by atoms with van der Waals surface area (Å²) < 4.78 is 1.58. The van der Waals surface area contributed by atoms with E-state index in [1.54, 1.807) is 4.57 Å². The topological polar surface area (TPSA) is 76.4 Å². The van der Waals surface area contributed by atoms with Gasteiger partial charge in [0.2, 0.25) is 0 Å². The number of benzene rings is 2. The molecule has 1 unspecified atom stereocenters. The van der Waals surface area contributed by atoms with Gasteiger partial charge in [-0.1, -0.05) is 30.3 Å². The van der Waals surface area contributed by atoms with Gasteiger partial charge in [-0.15, -0.1) is 0 Å². The van der Waals surface area contributed by atoms with Crippen LogP contribution in [-0.2, 0) is 19.4 Å². The predicted molar refractivity (Wildman–Crippen MR) is 103 cm³/mol. The van der Waals surface area contributed by atoms with Gasteiger partial charge in [-0.2, -0.15) is 0 Å². The van der Waals surface area contributed by atoms with E-state index in [2.05, 4.69) is 0 Å². The Hall–Kier alpha value is -3.21. The van der Waals surface area contributed by atoms with Crippen molar-refractivity contribution in [2.75, 3.05) is 0 Å². The van der Waals surface area contributed by atoms with Crippen molar-refractivity contribution < 1.29 is 14.7 Å². The summed E-state index contributed by atoms with van der Waals surface area (Å²) in [5.41, 5.74) is 3.24. The lowest BCUT2D eigenvalue weighted by Crippen LogP contribution is -2.27. The Bertz CT molecular complexity index is 1110. The van der Waals surface area contributed by atoms with Gasteiger partial charge in [-0.3, -0.25) is 9.59 Å². The Morgan fingerprint density at radius 2 is 1.89 bits per heavy atom. The summed E-state index contributed by atoms with van der Waals surface area (Å²) in [6.45, 7) is 0.472. The highest BCUT2D eigenvalue weighted by Gasteiger charge is 2.22. The summed E-state index contributed by atoms with van der Waals surface area (Å²) in [7, 11) is 0. The number of rotatable bonds is 5. The molecule has 0 fully saturated rings. The average Bonchev–Trinajstić information content (AvgIpc) is 3.08. The molecule has 0 saturated carbocycles. The molecule has 0 bridgehead atoms. The Morgan fingerprint density at radius 1 is 1.11 bits per heavy atom. The summed E-state index contributed by atoms with van der Waals surface area (Å²) in [4.78, 5) is 35.1. The normalized spacial score (nSPS) is 15.6. The Balaban J connectivity index is 1.61. The molecule has 3 aromatic rings. The number of aromatic nitrogens is 1. The summed E-state index contributed by atoms with van der Waals surface area (Å²) in [5, 5.41) is 10.1. The third kappa shape index (κ3) is 3.16. The number of nitrogens with zero attached hydrogens (tertiary/aromatic N) is 1. The van der Waals surface area contributed by atoms with Gasteiger partial charge in [0, 0.05) is 12.1 Å². The van der Waals surface area contributed by atoms with E-state index in [0.29, 0.717) is 18.0 Å². The molecule has 0 aliphatic heterocycles. The number of aldehydes is 1. The highest BCUT2D eigenvalue weighted by Crippen LogP contribution is 2.30. The molecule has 0 spiro atoms. The number of carbonyl (C=O) groups excluding carboxylic acids is 1. The lowest BCUT2D eigenvalue weighted by molar-refractivity contribution is 0.0694. The van der Waals surface area contributed by atoms with Gasteiger partial charge in [0.05, 0.1) is 5.52 Å². The van der Waals surface area contributed by atoms with Gasteiger partial charge in [-0.25, -0.2) is 4.79 Å². The lowest BCUT2D eigenvalue weighted by Gasteiger charge is -2.14. The number of hydrogen-bond donors (Lipinski definition) is 1. The third-order valence-electron chi connectivity index (χ3n) is 5.38. The average molecular weight is 361 g/mol. The van der Waals surface area contributed by atoms with E-state index in [1.807, 2.05) is 42.5 Å². The minimum atomic E-state index is -1.20. The Kier molecular flexibility index (Phi) is 4.36. The lowest BCUT2D eigenvalue weighted by atomic mass is 10.0. The molecule has 1 atom stereocenters. The molecule has 1 N–H and O–H groups in total. The number of carboxylic acids is 1. The number of hydrogen-bond acceptors (Lipinski definition) is 3. The van der Waals surface area contributed by atoms with Gasteiger partial charge in [0.1, 0.15) is 11.8 Å². The van der Waals surface area contributed by atoms with Crippen LogP contribution >= 0.6 is 0 Å². The maximum atomic E-state index is 12.7. The van der Waals surface area contributed by atoms with E-state index in [1.165, 1.54) is 17.2 Å². The van der Waals surface area contributed by atoms with E-state index in [9.17, 15) is 19.5 Å². The van der Waals surface area contributed by atoms with Crippen LogP contribution in [-0.4, -0.2) is 21.9 Å². The highest BCUT2D eigenvalue weighted by atomic mass is 16.4. The van der Waals surface area contributed by atoms with Crippen molar-refractivity contribution in [3.8, 4) is 0 Å². The first-order valence-corrected chi connectivity index (χ1v) is 8.99. The molecular weight excluding hydrogens is 342 g/mol. The molecule has 0 saturated heterocycles. The minimum Gasteiger partial charge on any atom is -0.477 e. The van der Waals surface area contributed by atoms with Crippen molar-refractivity contribution >= 4 is 23.2 Å². The van der Waals surface area contributed by atoms with Crippen molar-refractivity contribution in [2.45, 2.75) is 25.8 Å². The number of aryl methyl sites for hydroxylation is 1. The first-order valence-electron chi connectivity index (χ1n) is 8.99. The number of aromatic carboxylic acids is 1. The fourth-order valence-corrected chi connectivity index (χ4v) is 4.02. The predicted octanol–water partition coefficient (Wildman–Crippen LogP) is 3.32. The van der Waals surface area contributed by atoms with Crippen molar-refractivity contribution in [1.82, 2.24) is 4.57 Å². The molecule has 4 rings (SSSR count). The summed E-state index contributed by atoms with van der Waals surface area (Å²) >= 11 is 0. The van der Waals surface area contributed by atoms with Gasteiger partial charge in [0.15, 0.2) is 0 Å². The second-order valence-electron chi connectivity index (χ2n) is 7.09. The number of para-hydroxylation sites is 1. The zero-order valence-electron chi connectivity index (χ0n) is 14.7. The fourth-order valence-electron chi connectivity index (χ4n) is 4.02. The van der Waals surface area contributed by atoms with Crippen molar-refractivity contribution in [3.05, 3.63) is 81.1 Å². The van der Waals surface area contributed by atoms with E-state index < -0.39 is 11.5 Å². The number of carbonyl (C=O) groups is 2. The van der Waals surface area contributed by atoms with Gasteiger partial charge in [0.25, 0.3) is 5.56 Å². The maximum Gasteiger partial charge on any atom is 0.341 e. The van der Waals surface area contributed by atoms with Crippen molar-refractivity contribution in [2.24, 2.45) is 5.92 Å². The molecule has 1 aromatic heterocycles. The fraction of sp³-hybridized carbons (Fsp3) is 0.227. The number of fused-ring (bicyclic) bond motifs is 2. The zero-order chi connectivity index (χ0) is 19.0. The van der Waals surface area contributed by atoms with Crippen molar-refractivity contribution in [1.29, 1.82) is 0 Å². The van der Waals surface area contributed by atoms with Crippen LogP contribution in [0.2, 0.25) is 0 Å². The second kappa shape index (κ2) is 6.83. The number of carboxylic acid groups (broad SMARTS) is 1. The molecule has 1 aliphatic rings. The number of pyridine rings is 1. The van der Waals surface area contributed by atoms with Crippen LogP contribution in [0.25, 0.3) is 10.9 Å². The molecule has 2 aromatic carbocycles. The van der Waals surface area contributed by atoms with Gasteiger partial charge in [-0.05, 0) is 59.9 Å². The second-order valence-corrected chi connectivity index (χ2v) is 7.09. The quantitative estimate of drug-likeness (QED) is 0.707. The Morgan fingerprint density at radius 3 is 2.67 bits per heavy atom. The van der Waals surface area contributed by atoms with Crippen molar-refractivity contribution in [3.63, 3.8) is 0 Å². The van der Waals surface area contributed by atoms with Gasteiger partial charge < -0.3 is 9.67 Å². The molecule has 136 valence electrons. The smallest absolute Gasteiger partial charge is 0.341 e. The molecule has 0 radical (unpaired) electrons. The van der Waals surface area contributed by atoms with Crippen LogP contribution < -0.4 is 5.56 Å². The summed E-state index contributed by atoms with van der Waals surface area (Å²) in [5.74, 6) is -0.824. The molecular formula is C22H19NO4. The van der Waals surface area contributed by atoms with Crippen LogP contribution in [0.5, 0.6) is 0 Å². The summed E-state index contributed by atoms with van der Waals surface area (Å²) in [6, 6.07) is 14.6. The van der Waals surface area contributed by atoms with E-state index in [0.717, 1.165) is 36.5 Å². The largest absolute Gasteiger partial charge is 0.477 e. The molecule has 1 heterocycles. The highest BCUT2D eigenvalue weighted by molar-refractivity contribution is 5.92. The molecule has 1 aliphatic carbocycles. The van der Waals surface area contributed by atoms with E-state index >= 15 is 0 Å². The van der Waals surface area contributed by atoms with Crippen LogP contribution in [0.3, 0.4) is 0 Å². The monoisotopic (exact) mass is 361 g/mol. The Labute approximate surface area is 155 Å². The third-order valence-corrected chi connectivity index (χ3v) is 5.38. The van der Waals surface area contributed by atoms with Crippen LogP contribution in [0.4, 0.5) is 0 Å². The van der Waals surface area contributed by atoms with Crippen LogP contribution in [0.15, 0.2) is 53.3 Å². The summed E-state index contributed by atoms with van der Waals surface area (Å²) in [6.07, 6.45) is 3.43. The molecule has 5 heteroatoms. The zero-order valence-corrected chi connectivity index (χ0v) is 14.7. The first-order chi connectivity index (χ1) is 13.1. The molecule has 27 heavy (non-hydrogen) atoms. The van der Waals surface area contributed by atoms with Crippen LogP contribution in [0.1, 0.15) is 38.3 Å². The van der Waals surface area contributed by atoms with Gasteiger partial charge >= 0.3 is 5.97 Å². The molecule has 0 amide bonds.